The van der Waals surface area contributed by atoms with E-state index in [1.807, 2.05) is 216 Å². The lowest BCUT2D eigenvalue weighted by Crippen LogP contribution is -2.28. The molecule has 2 atom stereocenters. The molecule has 0 aliphatic heterocycles. The summed E-state index contributed by atoms with van der Waals surface area (Å²) in [6.45, 7) is 7.76. The van der Waals surface area contributed by atoms with Crippen LogP contribution in [0.5, 0.6) is 23.0 Å². The third-order valence-corrected chi connectivity index (χ3v) is 22.1. The minimum Gasteiger partial charge on any atom is -0.457 e. The molecule has 1 heterocycles. The quantitative estimate of drug-likeness (QED) is 0.0801. The molecule has 0 amide bonds. The molecule has 542 valence electrons. The van der Waals surface area contributed by atoms with Crippen LogP contribution in [0, 0.1) is 34.9 Å². The highest BCUT2D eigenvalue weighted by Gasteiger charge is 2.48. The van der Waals surface area contributed by atoms with Crippen molar-refractivity contribution in [3.63, 3.8) is 0 Å². The monoisotopic (exact) mass is 1480 g/mol. The molecule has 5 nitrogen and oxygen atoms in total. The van der Waals surface area contributed by atoms with Crippen molar-refractivity contribution in [1.29, 1.82) is 0 Å². The third kappa shape index (κ3) is 11.9. The van der Waals surface area contributed by atoms with Gasteiger partial charge in [-0.1, -0.05) is 195 Å². The van der Waals surface area contributed by atoms with E-state index in [4.69, 9.17) is 13.9 Å². The number of halogens is 6. The minimum absolute atomic E-state index is 0.333. The number of nitrogens with zero attached hydrogens (tertiary/aromatic N) is 2. The van der Waals surface area contributed by atoms with E-state index in [9.17, 15) is 0 Å². The number of furan rings is 1. The second kappa shape index (κ2) is 27.9. The summed E-state index contributed by atoms with van der Waals surface area (Å²) in [5.41, 5.74) is 19.2. The summed E-state index contributed by atoms with van der Waals surface area (Å²) in [5, 5.41) is 1.34. The molecule has 0 bridgehead atoms. The van der Waals surface area contributed by atoms with Crippen LogP contribution >= 0.6 is 0 Å². The van der Waals surface area contributed by atoms with Crippen molar-refractivity contribution in [3.8, 4) is 67.5 Å². The molecular weight excluding hydrogens is 1420 g/mol. The lowest BCUT2D eigenvalue weighted by atomic mass is 9.67. The predicted molar refractivity (Wildman–Crippen MR) is 442 cm³/mol. The fourth-order valence-corrected chi connectivity index (χ4v) is 16.9. The Hall–Kier alpha value is -14.4. The van der Waals surface area contributed by atoms with Gasteiger partial charge in [0.2, 0.25) is 0 Å². The smallest absolute Gasteiger partial charge is 0.160 e. The second-order valence-electron chi connectivity index (χ2n) is 28.4. The first-order chi connectivity index (χ1) is 55.3. The van der Waals surface area contributed by atoms with Crippen LogP contribution in [0.1, 0.15) is 55.6 Å². The Morgan fingerprint density at radius 2 is 0.593 bits per heavy atom. The fourth-order valence-electron chi connectivity index (χ4n) is 16.9. The average Bonchev–Trinajstić information content (AvgIpc) is 1.55. The molecule has 0 saturated carbocycles. The summed E-state index contributed by atoms with van der Waals surface area (Å²) in [6, 6.07) is 109. The van der Waals surface area contributed by atoms with Crippen molar-refractivity contribution in [1.82, 2.24) is 0 Å². The molecule has 19 rings (SSSR count). The maximum Gasteiger partial charge on any atom is 0.160 e. The van der Waals surface area contributed by atoms with E-state index in [1.54, 1.807) is 12.2 Å². The van der Waals surface area contributed by atoms with Gasteiger partial charge in [0.25, 0.3) is 0 Å². The van der Waals surface area contributed by atoms with Crippen molar-refractivity contribution >= 4 is 68.2 Å². The highest BCUT2D eigenvalue weighted by Crippen LogP contribution is 2.60. The first-order valence-corrected chi connectivity index (χ1v) is 37.0. The van der Waals surface area contributed by atoms with Gasteiger partial charge in [-0.2, -0.15) is 0 Å². The largest absolute Gasteiger partial charge is 0.457 e. The second-order valence-corrected chi connectivity index (χ2v) is 28.4. The maximum atomic E-state index is 15.9. The minimum atomic E-state index is -1.04. The van der Waals surface area contributed by atoms with Crippen LogP contribution in [-0.4, -0.2) is 0 Å². The SMILES string of the molecule is C=Cc1ccc(Oc2ccc(C3(c4ccc(F)cc4)c4ccccc4-c4ccc(-c5cccc(N(c6ccc(F)c(F)c6)c6ccc7oc8ccc(N(c9cccc(-c%10ccc%11c(c%10)C(c%10ccc(F)cc%10)(c%10ccc(Oc%12ccc(C=C)cc%12)cc%10)c%10ccccc%10-%11)c9)c9ccc(F)c(F)c9)cc8c7c6)c5)cc43)cc2)cc1. The number of hydrogen-bond donors (Lipinski definition) is 0. The van der Waals surface area contributed by atoms with E-state index >= 15 is 26.3 Å². The number of benzene rings is 16. The van der Waals surface area contributed by atoms with Crippen LogP contribution in [0.25, 0.3) is 78.6 Å². The molecular formula is C102H64F6N2O3. The molecule has 2 aliphatic carbocycles. The predicted octanol–water partition coefficient (Wildman–Crippen LogP) is 28.3. The Balaban J connectivity index is 0.705. The molecule has 0 fully saturated rings. The lowest BCUT2D eigenvalue weighted by Gasteiger charge is -2.34. The van der Waals surface area contributed by atoms with E-state index in [-0.39, 0.29) is 11.6 Å². The summed E-state index contributed by atoms with van der Waals surface area (Å²) >= 11 is 0. The van der Waals surface area contributed by atoms with Gasteiger partial charge in [-0.05, 0) is 270 Å². The highest BCUT2D eigenvalue weighted by molar-refractivity contribution is 6.08. The van der Waals surface area contributed by atoms with Crippen molar-refractivity contribution in [2.24, 2.45) is 0 Å². The summed E-state index contributed by atoms with van der Waals surface area (Å²) in [6.07, 6.45) is 3.56. The summed E-state index contributed by atoms with van der Waals surface area (Å²) in [7, 11) is 0. The molecule has 0 spiro atoms. The summed E-state index contributed by atoms with van der Waals surface area (Å²) < 4.78 is 112. The molecule has 113 heavy (non-hydrogen) atoms. The van der Waals surface area contributed by atoms with Crippen molar-refractivity contribution in [2.75, 3.05) is 9.80 Å². The molecule has 17 aromatic rings. The standard InChI is InChI=1S/C102H64F6N2O3/c1-3-63-19-41-81(42-20-63)111-83-45-29-71(30-46-83)101(69-25-33-73(103)34-26-69)91-17-7-5-15-85(91)87-49-23-67(57-93(87)101)65-11-9-13-75(55-65)109(79-37-51-95(105)97(107)61-79)77-39-53-99-89(59-77)90-60-78(40-54-100(90)113-99)110(80-38-52-96(106)98(108)62-80)76-14-10-12-66(56-76)68-24-50-88-86-16-6-8-18-92(86)102(94(88)58-68,70-27-35-74(104)36-28-70)72-31-47-84(48-32-72)112-82-43-21-64(4-2)22-44-82/h3-62H,1-2H2. The molecule has 0 radical (unpaired) electrons. The van der Waals surface area contributed by atoms with Crippen molar-refractivity contribution in [2.45, 2.75) is 10.8 Å². The van der Waals surface area contributed by atoms with Crippen LogP contribution in [0.2, 0.25) is 0 Å². The lowest BCUT2D eigenvalue weighted by molar-refractivity contribution is 0.482. The number of hydrogen-bond acceptors (Lipinski definition) is 5. The van der Waals surface area contributed by atoms with Gasteiger partial charge in [0.15, 0.2) is 23.3 Å². The Bertz CT molecular complexity index is 6220. The van der Waals surface area contributed by atoms with Gasteiger partial charge in [-0.15, -0.1) is 0 Å². The van der Waals surface area contributed by atoms with E-state index in [0.717, 1.165) is 112 Å². The zero-order valence-corrected chi connectivity index (χ0v) is 60.4. The van der Waals surface area contributed by atoms with Crippen LogP contribution in [0.4, 0.5) is 60.5 Å². The van der Waals surface area contributed by atoms with Gasteiger partial charge in [0.05, 0.1) is 10.8 Å². The normalized spacial score (nSPS) is 14.4. The van der Waals surface area contributed by atoms with Gasteiger partial charge < -0.3 is 23.7 Å². The van der Waals surface area contributed by atoms with Crippen LogP contribution in [0.3, 0.4) is 0 Å². The van der Waals surface area contributed by atoms with Crippen LogP contribution in [0.15, 0.2) is 369 Å². The Kier molecular flexibility index (Phi) is 17.1. The average molecular weight is 1480 g/mol. The Labute approximate surface area is 648 Å². The first-order valence-electron chi connectivity index (χ1n) is 37.0. The first kappa shape index (κ1) is 69.1. The number of ether oxygens (including phenoxy) is 2. The maximum absolute atomic E-state index is 15.9. The molecule has 2 unspecified atom stereocenters. The van der Waals surface area contributed by atoms with E-state index in [0.29, 0.717) is 79.1 Å². The Morgan fingerprint density at radius 3 is 0.973 bits per heavy atom. The van der Waals surface area contributed by atoms with Gasteiger partial charge >= 0.3 is 0 Å². The van der Waals surface area contributed by atoms with Gasteiger partial charge in [0.1, 0.15) is 45.8 Å². The molecule has 2 aliphatic rings. The van der Waals surface area contributed by atoms with Gasteiger partial charge in [0, 0.05) is 57.0 Å². The Morgan fingerprint density at radius 1 is 0.265 bits per heavy atom. The van der Waals surface area contributed by atoms with Crippen LogP contribution in [-0.2, 0) is 10.8 Å². The third-order valence-electron chi connectivity index (χ3n) is 22.1. The fraction of sp³-hybridized carbons (Fsp3) is 0.0196. The molecule has 0 saturated heterocycles. The highest BCUT2D eigenvalue weighted by atomic mass is 19.2. The summed E-state index contributed by atoms with van der Waals surface area (Å²) in [4.78, 5) is 3.74. The van der Waals surface area contributed by atoms with E-state index in [1.165, 1.54) is 48.5 Å². The number of fused-ring (bicyclic) bond motifs is 9. The zero-order chi connectivity index (χ0) is 76.6. The molecule has 0 N–H and O–H groups in total. The van der Waals surface area contributed by atoms with E-state index in [2.05, 4.69) is 98.1 Å². The molecule has 1 aromatic heterocycles. The number of rotatable bonds is 18. The number of anilines is 6. The van der Waals surface area contributed by atoms with Crippen LogP contribution < -0.4 is 19.3 Å². The van der Waals surface area contributed by atoms with Gasteiger partial charge in [-0.3, -0.25) is 0 Å². The van der Waals surface area contributed by atoms with E-state index < -0.39 is 34.1 Å². The topological polar surface area (TPSA) is 38.1 Å². The molecule has 16 aromatic carbocycles. The van der Waals surface area contributed by atoms with Crippen molar-refractivity contribution in [3.05, 3.63) is 456 Å². The van der Waals surface area contributed by atoms with Gasteiger partial charge in [-0.25, -0.2) is 26.3 Å². The zero-order valence-electron chi connectivity index (χ0n) is 60.4. The van der Waals surface area contributed by atoms with Crippen molar-refractivity contribution < 1.29 is 40.2 Å². The summed E-state index contributed by atoms with van der Waals surface area (Å²) in [5.74, 6) is -2.20. The molecule has 11 heteroatoms.